The summed E-state index contributed by atoms with van der Waals surface area (Å²) in [5, 5.41) is 14.4. The van der Waals surface area contributed by atoms with Gasteiger partial charge in [-0.1, -0.05) is 73.5 Å². The number of ether oxygens (including phenoxy) is 1. The zero-order valence-electron chi connectivity index (χ0n) is 18.3. The summed E-state index contributed by atoms with van der Waals surface area (Å²) in [5.74, 6) is -0.854. The molecule has 3 aromatic rings. The molecule has 4 rings (SSSR count). The van der Waals surface area contributed by atoms with E-state index < -0.39 is 17.4 Å². The van der Waals surface area contributed by atoms with Gasteiger partial charge in [-0.3, -0.25) is 4.79 Å². The molecule has 0 unspecified atom stereocenters. The molecule has 5 nitrogen and oxygen atoms in total. The average molecular weight is 432 g/mol. The summed E-state index contributed by atoms with van der Waals surface area (Å²) >= 11 is 0. The highest BCUT2D eigenvalue weighted by molar-refractivity contribution is 6.05. The van der Waals surface area contributed by atoms with Crippen molar-refractivity contribution in [1.82, 2.24) is 5.32 Å². The fourth-order valence-electron chi connectivity index (χ4n) is 4.48. The number of fused-ring (bicyclic) bond motifs is 1. The molecule has 1 saturated carbocycles. The molecule has 0 aliphatic heterocycles. The summed E-state index contributed by atoms with van der Waals surface area (Å²) in [5.41, 5.74) is 0.421. The third kappa shape index (κ3) is 4.62. The summed E-state index contributed by atoms with van der Waals surface area (Å²) in [6, 6.07) is 21.6. The number of carboxylic acids is 1. The lowest BCUT2D eigenvalue weighted by Gasteiger charge is -2.26. The maximum atomic E-state index is 13.3. The monoisotopic (exact) mass is 431 g/mol. The van der Waals surface area contributed by atoms with Gasteiger partial charge in [0.2, 0.25) is 0 Å². The molecule has 0 bridgehead atoms. The van der Waals surface area contributed by atoms with E-state index in [4.69, 9.17) is 4.74 Å². The van der Waals surface area contributed by atoms with E-state index in [0.29, 0.717) is 24.2 Å². The fraction of sp³-hybridized carbons (Fsp3) is 0.333. The number of carboxylic acid groups (broad SMARTS) is 1. The quantitative estimate of drug-likeness (QED) is 0.503. The van der Waals surface area contributed by atoms with Crippen LogP contribution in [0.5, 0.6) is 5.75 Å². The standard InChI is InChI=1S/C27H29NO4/c1-19(13-14-20-9-3-2-4-10-20)32-24-22-12-6-5-11-21(22)15-16-23(24)25(29)28-27(26(30)31)17-7-8-18-27/h2-6,9-12,15-16,19H,7-8,13-14,17-18H2,1H3,(H,28,29)(H,30,31)/t19-/m0/s1. The predicted octanol–water partition coefficient (Wildman–Crippen LogP) is 5.37. The van der Waals surface area contributed by atoms with Crippen LogP contribution in [0.4, 0.5) is 0 Å². The minimum atomic E-state index is -1.20. The Morgan fingerprint density at radius 3 is 2.41 bits per heavy atom. The van der Waals surface area contributed by atoms with Gasteiger partial charge in [0.15, 0.2) is 0 Å². The molecule has 5 heteroatoms. The van der Waals surface area contributed by atoms with E-state index in [1.165, 1.54) is 5.56 Å². The molecule has 1 aliphatic rings. The Labute approximate surface area is 188 Å². The molecule has 0 aromatic heterocycles. The van der Waals surface area contributed by atoms with Gasteiger partial charge in [0.1, 0.15) is 11.3 Å². The van der Waals surface area contributed by atoms with E-state index in [2.05, 4.69) is 17.4 Å². The Kier molecular flexibility index (Phi) is 6.45. The highest BCUT2D eigenvalue weighted by Gasteiger charge is 2.43. The summed E-state index contributed by atoms with van der Waals surface area (Å²) in [6.07, 6.45) is 4.04. The first-order valence-electron chi connectivity index (χ1n) is 11.3. The second-order valence-electron chi connectivity index (χ2n) is 8.66. The van der Waals surface area contributed by atoms with Gasteiger partial charge in [0.25, 0.3) is 5.91 Å². The zero-order valence-corrected chi connectivity index (χ0v) is 18.3. The summed E-state index contributed by atoms with van der Waals surface area (Å²) in [4.78, 5) is 25.2. The maximum absolute atomic E-state index is 13.3. The van der Waals surface area contributed by atoms with E-state index in [1.54, 1.807) is 6.07 Å². The molecule has 1 atom stereocenters. The third-order valence-corrected chi connectivity index (χ3v) is 6.34. The average Bonchev–Trinajstić information content (AvgIpc) is 3.28. The molecular weight excluding hydrogens is 402 g/mol. The van der Waals surface area contributed by atoms with Crippen LogP contribution < -0.4 is 10.1 Å². The molecule has 1 amide bonds. The van der Waals surface area contributed by atoms with E-state index in [1.807, 2.05) is 55.5 Å². The molecule has 0 radical (unpaired) electrons. The zero-order chi connectivity index (χ0) is 22.6. The second-order valence-corrected chi connectivity index (χ2v) is 8.66. The highest BCUT2D eigenvalue weighted by atomic mass is 16.5. The molecule has 0 heterocycles. The van der Waals surface area contributed by atoms with Crippen molar-refractivity contribution in [1.29, 1.82) is 0 Å². The van der Waals surface area contributed by atoms with Gasteiger partial charge in [0.05, 0.1) is 11.7 Å². The lowest BCUT2D eigenvalue weighted by atomic mass is 9.96. The number of benzene rings is 3. The van der Waals surface area contributed by atoms with Gasteiger partial charge >= 0.3 is 5.97 Å². The molecule has 2 N–H and O–H groups in total. The van der Waals surface area contributed by atoms with Crippen molar-refractivity contribution < 1.29 is 19.4 Å². The first-order chi connectivity index (χ1) is 15.5. The van der Waals surface area contributed by atoms with Crippen LogP contribution in [0, 0.1) is 0 Å². The first kappa shape index (κ1) is 21.9. The van der Waals surface area contributed by atoms with Crippen molar-refractivity contribution in [3.05, 3.63) is 77.9 Å². The van der Waals surface area contributed by atoms with E-state index in [0.717, 1.165) is 36.5 Å². The smallest absolute Gasteiger partial charge is 0.329 e. The lowest BCUT2D eigenvalue weighted by molar-refractivity contribution is -0.144. The normalized spacial score (nSPS) is 15.9. The van der Waals surface area contributed by atoms with E-state index in [9.17, 15) is 14.7 Å². The summed E-state index contributed by atoms with van der Waals surface area (Å²) in [6.45, 7) is 2.00. The summed E-state index contributed by atoms with van der Waals surface area (Å²) < 4.78 is 6.35. The Hall–Kier alpha value is -3.34. The highest BCUT2D eigenvalue weighted by Crippen LogP contribution is 2.34. The number of hydrogen-bond acceptors (Lipinski definition) is 3. The van der Waals surface area contributed by atoms with Crippen LogP contribution in [0.2, 0.25) is 0 Å². The molecule has 1 aliphatic carbocycles. The summed E-state index contributed by atoms with van der Waals surface area (Å²) in [7, 11) is 0. The van der Waals surface area contributed by atoms with Crippen molar-refractivity contribution in [2.45, 2.75) is 57.1 Å². The van der Waals surface area contributed by atoms with Crippen molar-refractivity contribution in [2.75, 3.05) is 0 Å². The van der Waals surface area contributed by atoms with Crippen molar-refractivity contribution >= 4 is 22.6 Å². The molecule has 3 aromatic carbocycles. The minimum Gasteiger partial charge on any atom is -0.489 e. The molecular formula is C27H29NO4. The second kappa shape index (κ2) is 9.43. The Balaban J connectivity index is 1.60. The first-order valence-corrected chi connectivity index (χ1v) is 11.3. The van der Waals surface area contributed by atoms with Crippen molar-refractivity contribution in [3.8, 4) is 5.75 Å². The molecule has 166 valence electrons. The SMILES string of the molecule is C[C@@H](CCc1ccccc1)Oc1c(C(=O)NC2(C(=O)O)CCCC2)ccc2ccccc12. The Morgan fingerprint density at radius 2 is 1.69 bits per heavy atom. The molecule has 0 spiro atoms. The predicted molar refractivity (Wildman–Crippen MR) is 125 cm³/mol. The number of nitrogens with one attached hydrogen (secondary N) is 1. The number of carbonyl (C=O) groups excluding carboxylic acids is 1. The number of aliphatic carboxylic acids is 1. The van der Waals surface area contributed by atoms with Crippen LogP contribution >= 0.6 is 0 Å². The lowest BCUT2D eigenvalue weighted by Crippen LogP contribution is -2.52. The molecule has 1 fully saturated rings. The van der Waals surface area contributed by atoms with Gasteiger partial charge in [-0.25, -0.2) is 4.79 Å². The van der Waals surface area contributed by atoms with Gasteiger partial charge in [0, 0.05) is 5.39 Å². The van der Waals surface area contributed by atoms with Crippen molar-refractivity contribution in [3.63, 3.8) is 0 Å². The van der Waals surface area contributed by atoms with Crippen LogP contribution in [0.3, 0.4) is 0 Å². The molecule has 0 saturated heterocycles. The Bertz CT molecular complexity index is 1100. The Morgan fingerprint density at radius 1 is 1.00 bits per heavy atom. The van der Waals surface area contributed by atoms with E-state index in [-0.39, 0.29) is 6.10 Å². The maximum Gasteiger partial charge on any atom is 0.329 e. The number of rotatable bonds is 8. The van der Waals surface area contributed by atoms with Crippen LogP contribution in [-0.2, 0) is 11.2 Å². The number of hydrogen-bond donors (Lipinski definition) is 2. The van der Waals surface area contributed by atoms with Crippen LogP contribution in [0.25, 0.3) is 10.8 Å². The van der Waals surface area contributed by atoms with Gasteiger partial charge in [-0.15, -0.1) is 0 Å². The van der Waals surface area contributed by atoms with Gasteiger partial charge < -0.3 is 15.2 Å². The number of aryl methyl sites for hydroxylation is 1. The van der Waals surface area contributed by atoms with Gasteiger partial charge in [-0.05, 0) is 49.6 Å². The third-order valence-electron chi connectivity index (χ3n) is 6.34. The minimum absolute atomic E-state index is 0.118. The van der Waals surface area contributed by atoms with Crippen LogP contribution in [0.1, 0.15) is 54.9 Å². The van der Waals surface area contributed by atoms with Crippen molar-refractivity contribution in [2.24, 2.45) is 0 Å². The number of amides is 1. The fourth-order valence-corrected chi connectivity index (χ4v) is 4.48. The molecule has 32 heavy (non-hydrogen) atoms. The van der Waals surface area contributed by atoms with Crippen LogP contribution in [0.15, 0.2) is 66.7 Å². The number of carbonyl (C=O) groups is 2. The van der Waals surface area contributed by atoms with Gasteiger partial charge in [-0.2, -0.15) is 0 Å². The largest absolute Gasteiger partial charge is 0.489 e. The topological polar surface area (TPSA) is 75.6 Å². The van der Waals surface area contributed by atoms with E-state index >= 15 is 0 Å². The van der Waals surface area contributed by atoms with Crippen LogP contribution in [-0.4, -0.2) is 28.6 Å².